The summed E-state index contributed by atoms with van der Waals surface area (Å²) in [6, 6.07) is 17.4. The van der Waals surface area contributed by atoms with E-state index < -0.39 is 6.04 Å². The van der Waals surface area contributed by atoms with Crippen LogP contribution in [0.25, 0.3) is 16.5 Å². The zero-order valence-electron chi connectivity index (χ0n) is 17.0. The molecule has 0 aliphatic carbocycles. The molecule has 156 valence electrons. The van der Waals surface area contributed by atoms with Crippen molar-refractivity contribution in [2.24, 2.45) is 0 Å². The zero-order valence-corrected chi connectivity index (χ0v) is 17.8. The molecule has 2 aliphatic rings. The van der Waals surface area contributed by atoms with Crippen molar-refractivity contribution in [1.82, 2.24) is 14.5 Å². The van der Waals surface area contributed by atoms with Crippen molar-refractivity contribution in [2.75, 3.05) is 18.4 Å². The standard InChI is InChI=1S/C24H22N4O2S/c29-21(27-14-12-17(13-15-27)16-6-2-1-3-7-16)11-10-20-23(30)28-22(25-20)18-8-4-5-9-19(18)26-24(28)31/h1-9,12,20,25H,10-11,13-15H2. The summed E-state index contributed by atoms with van der Waals surface area (Å²) < 4.78 is 1.71. The Bertz CT molecular complexity index is 1270. The quantitative estimate of drug-likeness (QED) is 0.625. The Morgan fingerprint density at radius 2 is 1.90 bits per heavy atom. The second kappa shape index (κ2) is 8.07. The Morgan fingerprint density at radius 3 is 2.68 bits per heavy atom. The predicted molar refractivity (Wildman–Crippen MR) is 123 cm³/mol. The van der Waals surface area contributed by atoms with Crippen molar-refractivity contribution in [3.63, 3.8) is 0 Å². The monoisotopic (exact) mass is 430 g/mol. The highest BCUT2D eigenvalue weighted by Gasteiger charge is 2.32. The number of anilines is 1. The number of carbonyl (C=O) groups excluding carboxylic acids is 2. The molecule has 3 aromatic rings. The average Bonchev–Trinajstić information content (AvgIpc) is 3.15. The average molecular weight is 431 g/mol. The first kappa shape index (κ1) is 19.6. The second-order valence-electron chi connectivity index (χ2n) is 7.85. The predicted octanol–water partition coefficient (Wildman–Crippen LogP) is 4.30. The minimum absolute atomic E-state index is 0.0699. The first-order chi connectivity index (χ1) is 15.1. The number of hydrogen-bond acceptors (Lipinski definition) is 5. The van der Waals surface area contributed by atoms with Gasteiger partial charge < -0.3 is 10.2 Å². The third kappa shape index (κ3) is 3.65. The lowest BCUT2D eigenvalue weighted by molar-refractivity contribution is -0.130. The van der Waals surface area contributed by atoms with E-state index in [1.54, 1.807) is 0 Å². The van der Waals surface area contributed by atoms with E-state index in [0.717, 1.165) is 17.3 Å². The molecule has 2 aromatic carbocycles. The topological polar surface area (TPSA) is 67.2 Å². The van der Waals surface area contributed by atoms with Crippen LogP contribution < -0.4 is 5.32 Å². The fourth-order valence-electron chi connectivity index (χ4n) is 4.30. The van der Waals surface area contributed by atoms with Crippen LogP contribution in [0.3, 0.4) is 0 Å². The van der Waals surface area contributed by atoms with Gasteiger partial charge in [-0.2, -0.15) is 0 Å². The van der Waals surface area contributed by atoms with Crippen molar-refractivity contribution < 1.29 is 9.59 Å². The highest BCUT2D eigenvalue weighted by atomic mass is 32.1. The maximum absolute atomic E-state index is 12.9. The number of nitrogens with one attached hydrogen (secondary N) is 1. The molecule has 1 amide bonds. The number of nitrogens with zero attached hydrogens (tertiary/aromatic N) is 3. The lowest BCUT2D eigenvalue weighted by atomic mass is 9.99. The van der Waals surface area contributed by atoms with E-state index in [0.29, 0.717) is 31.7 Å². The first-order valence-electron chi connectivity index (χ1n) is 10.5. The second-order valence-corrected chi connectivity index (χ2v) is 8.22. The molecule has 7 heteroatoms. The van der Waals surface area contributed by atoms with Crippen molar-refractivity contribution in [1.29, 1.82) is 0 Å². The number of carbonyl (C=O) groups is 2. The SMILES string of the molecule is O=C(CCC1Nc2c3ccccc3nc(=S)n2C1=O)N1CC=C(c2ccccc2)CC1. The van der Waals surface area contributed by atoms with Crippen LogP contribution in [-0.4, -0.2) is 45.4 Å². The molecular formula is C24H22N4O2S. The molecular weight excluding hydrogens is 408 g/mol. The molecule has 5 rings (SSSR count). The van der Waals surface area contributed by atoms with E-state index in [9.17, 15) is 9.59 Å². The Kier molecular flexibility index (Phi) is 5.11. The summed E-state index contributed by atoms with van der Waals surface area (Å²) in [5.41, 5.74) is 3.25. The largest absolute Gasteiger partial charge is 0.359 e. The van der Waals surface area contributed by atoms with Gasteiger partial charge in [0.15, 0.2) is 0 Å². The summed E-state index contributed by atoms with van der Waals surface area (Å²) in [4.78, 5) is 31.9. The molecule has 31 heavy (non-hydrogen) atoms. The molecule has 0 bridgehead atoms. The van der Waals surface area contributed by atoms with Gasteiger partial charge in [0.2, 0.25) is 10.7 Å². The fraction of sp³-hybridized carbons (Fsp3) is 0.250. The Morgan fingerprint density at radius 1 is 1.13 bits per heavy atom. The van der Waals surface area contributed by atoms with Gasteiger partial charge in [-0.05, 0) is 48.3 Å². The van der Waals surface area contributed by atoms with Crippen LogP contribution in [0.2, 0.25) is 0 Å². The van der Waals surface area contributed by atoms with Crippen LogP contribution in [0.5, 0.6) is 0 Å². The maximum atomic E-state index is 12.9. The van der Waals surface area contributed by atoms with E-state index in [1.807, 2.05) is 47.4 Å². The van der Waals surface area contributed by atoms with Crippen LogP contribution in [-0.2, 0) is 4.79 Å². The van der Waals surface area contributed by atoms with E-state index in [4.69, 9.17) is 12.2 Å². The number of hydrogen-bond donors (Lipinski definition) is 1. The van der Waals surface area contributed by atoms with Gasteiger partial charge in [0.25, 0.3) is 5.91 Å². The van der Waals surface area contributed by atoms with Crippen molar-refractivity contribution in [3.05, 3.63) is 71.0 Å². The fourth-order valence-corrected chi connectivity index (χ4v) is 4.58. The number of para-hydroxylation sites is 1. The minimum Gasteiger partial charge on any atom is -0.359 e. The normalized spacial score (nSPS) is 17.9. The van der Waals surface area contributed by atoms with E-state index >= 15 is 0 Å². The van der Waals surface area contributed by atoms with Gasteiger partial charge in [-0.25, -0.2) is 9.55 Å². The number of rotatable bonds is 4. The number of amides is 1. The third-order valence-electron chi connectivity index (χ3n) is 5.97. The molecule has 3 heterocycles. The lowest BCUT2D eigenvalue weighted by Gasteiger charge is -2.27. The molecule has 0 fully saturated rings. The number of benzene rings is 2. The van der Waals surface area contributed by atoms with E-state index in [2.05, 4.69) is 28.5 Å². The highest BCUT2D eigenvalue weighted by Crippen LogP contribution is 2.29. The van der Waals surface area contributed by atoms with Crippen LogP contribution in [0.1, 0.15) is 29.6 Å². The van der Waals surface area contributed by atoms with Gasteiger partial charge in [0, 0.05) is 24.9 Å². The van der Waals surface area contributed by atoms with Gasteiger partial charge in [0.1, 0.15) is 11.9 Å². The van der Waals surface area contributed by atoms with Gasteiger partial charge in [0.05, 0.1) is 5.52 Å². The summed E-state index contributed by atoms with van der Waals surface area (Å²) in [5.74, 6) is 0.600. The van der Waals surface area contributed by atoms with Gasteiger partial charge in [-0.15, -0.1) is 0 Å². The molecule has 0 radical (unpaired) electrons. The molecule has 1 aromatic heterocycles. The van der Waals surface area contributed by atoms with Crippen molar-refractivity contribution >= 4 is 46.3 Å². The molecule has 2 aliphatic heterocycles. The molecule has 1 unspecified atom stereocenters. The molecule has 1 N–H and O–H groups in total. The first-order valence-corrected chi connectivity index (χ1v) is 10.9. The Balaban J connectivity index is 1.25. The summed E-state index contributed by atoms with van der Waals surface area (Å²) in [6.45, 7) is 1.31. The van der Waals surface area contributed by atoms with Crippen LogP contribution in [0.4, 0.5) is 5.82 Å². The molecule has 0 saturated heterocycles. The Hall–Kier alpha value is -3.32. The number of aromatic nitrogens is 2. The van der Waals surface area contributed by atoms with Crippen molar-refractivity contribution in [3.8, 4) is 0 Å². The van der Waals surface area contributed by atoms with Crippen LogP contribution >= 0.6 is 12.2 Å². The number of fused-ring (bicyclic) bond motifs is 3. The summed E-state index contributed by atoms with van der Waals surface area (Å²) >= 11 is 5.34. The smallest absolute Gasteiger partial charge is 0.257 e. The Labute approximate surface area is 185 Å². The molecule has 0 saturated carbocycles. The van der Waals surface area contributed by atoms with E-state index in [1.165, 1.54) is 15.7 Å². The summed E-state index contributed by atoms with van der Waals surface area (Å²) in [7, 11) is 0. The van der Waals surface area contributed by atoms with Gasteiger partial charge in [-0.3, -0.25) is 9.59 Å². The van der Waals surface area contributed by atoms with E-state index in [-0.39, 0.29) is 16.6 Å². The van der Waals surface area contributed by atoms with Gasteiger partial charge >= 0.3 is 0 Å². The lowest BCUT2D eigenvalue weighted by Crippen LogP contribution is -2.36. The summed E-state index contributed by atoms with van der Waals surface area (Å²) in [6.07, 6.45) is 3.70. The van der Waals surface area contributed by atoms with Crippen LogP contribution in [0, 0.1) is 4.77 Å². The third-order valence-corrected chi connectivity index (χ3v) is 6.25. The highest BCUT2D eigenvalue weighted by molar-refractivity contribution is 7.71. The minimum atomic E-state index is -0.474. The van der Waals surface area contributed by atoms with Crippen LogP contribution in [0.15, 0.2) is 60.7 Å². The summed E-state index contributed by atoms with van der Waals surface area (Å²) in [5, 5.41) is 4.13. The molecule has 1 atom stereocenters. The maximum Gasteiger partial charge on any atom is 0.257 e. The van der Waals surface area contributed by atoms with Crippen molar-refractivity contribution in [2.45, 2.75) is 25.3 Å². The molecule has 0 spiro atoms. The van der Waals surface area contributed by atoms with Gasteiger partial charge in [-0.1, -0.05) is 48.5 Å². The zero-order chi connectivity index (χ0) is 21.4. The molecule has 6 nitrogen and oxygen atoms in total.